The molecule has 0 aromatic heterocycles. The third kappa shape index (κ3) is 4.06. The Morgan fingerprint density at radius 3 is 2.76 bits per heavy atom. The number of rotatable bonds is 6. The van der Waals surface area contributed by atoms with Gasteiger partial charge in [-0.25, -0.2) is 4.79 Å². The van der Waals surface area contributed by atoms with E-state index in [1.165, 1.54) is 17.8 Å². The second-order valence-corrected chi connectivity index (χ2v) is 6.85. The SMILES string of the molecule is C[C@@H](Sc1ccccc1C(=O)O)C(=O)NCc1ccc2c(c1)OCO2. The molecule has 0 unspecified atom stereocenters. The fourth-order valence-corrected chi connectivity index (χ4v) is 3.38. The Balaban J connectivity index is 1.59. The summed E-state index contributed by atoms with van der Waals surface area (Å²) in [7, 11) is 0. The second-order valence-electron chi connectivity index (χ2n) is 5.47. The van der Waals surface area contributed by atoms with E-state index in [-0.39, 0.29) is 18.3 Å². The average molecular weight is 359 g/mol. The van der Waals surface area contributed by atoms with Crippen molar-refractivity contribution in [3.8, 4) is 11.5 Å². The van der Waals surface area contributed by atoms with E-state index >= 15 is 0 Å². The lowest BCUT2D eigenvalue weighted by atomic mass is 10.2. The molecule has 0 aliphatic carbocycles. The van der Waals surface area contributed by atoms with Crippen LogP contribution in [0.15, 0.2) is 47.4 Å². The molecule has 0 radical (unpaired) electrons. The number of carbonyl (C=O) groups excluding carboxylic acids is 1. The van der Waals surface area contributed by atoms with Crippen molar-refractivity contribution in [1.29, 1.82) is 0 Å². The first kappa shape index (κ1) is 17.2. The third-order valence-electron chi connectivity index (χ3n) is 3.69. The molecule has 2 aromatic rings. The van der Waals surface area contributed by atoms with Gasteiger partial charge in [0.25, 0.3) is 0 Å². The Kier molecular flexibility index (Phi) is 5.14. The fraction of sp³-hybridized carbons (Fsp3) is 0.222. The molecule has 0 saturated heterocycles. The van der Waals surface area contributed by atoms with Crippen LogP contribution in [0.2, 0.25) is 0 Å². The van der Waals surface area contributed by atoms with Crippen molar-refractivity contribution in [3.63, 3.8) is 0 Å². The first-order valence-electron chi connectivity index (χ1n) is 7.70. The molecule has 1 atom stereocenters. The second kappa shape index (κ2) is 7.48. The number of carboxylic acid groups (broad SMARTS) is 1. The number of fused-ring (bicyclic) bond motifs is 1. The lowest BCUT2D eigenvalue weighted by molar-refractivity contribution is -0.120. The van der Waals surface area contributed by atoms with Crippen molar-refractivity contribution >= 4 is 23.6 Å². The summed E-state index contributed by atoms with van der Waals surface area (Å²) >= 11 is 1.22. The number of aromatic carboxylic acids is 1. The first-order chi connectivity index (χ1) is 12.0. The number of nitrogens with one attached hydrogen (secondary N) is 1. The molecule has 7 heteroatoms. The standard InChI is InChI=1S/C18H17NO5S/c1-11(25-16-5-3-2-4-13(16)18(21)22)17(20)19-9-12-6-7-14-15(8-12)24-10-23-14/h2-8,11H,9-10H2,1H3,(H,19,20)(H,21,22)/t11-/m1/s1. The zero-order chi connectivity index (χ0) is 17.8. The molecule has 25 heavy (non-hydrogen) atoms. The van der Waals surface area contributed by atoms with Crippen molar-refractivity contribution in [1.82, 2.24) is 5.32 Å². The summed E-state index contributed by atoms with van der Waals surface area (Å²) in [5.74, 6) is 0.202. The normalized spacial score (nSPS) is 13.3. The summed E-state index contributed by atoms with van der Waals surface area (Å²) in [5, 5.41) is 11.6. The maximum absolute atomic E-state index is 12.3. The van der Waals surface area contributed by atoms with Gasteiger partial charge in [-0.1, -0.05) is 18.2 Å². The van der Waals surface area contributed by atoms with Gasteiger partial charge in [-0.15, -0.1) is 11.8 Å². The monoisotopic (exact) mass is 359 g/mol. The summed E-state index contributed by atoms with van der Waals surface area (Å²) < 4.78 is 10.6. The summed E-state index contributed by atoms with van der Waals surface area (Å²) in [4.78, 5) is 24.1. The Hall–Kier alpha value is -2.67. The predicted octanol–water partition coefficient (Wildman–Crippen LogP) is 2.91. The number of thioether (sulfide) groups is 1. The quantitative estimate of drug-likeness (QED) is 0.772. The average Bonchev–Trinajstić information content (AvgIpc) is 3.07. The smallest absolute Gasteiger partial charge is 0.336 e. The largest absolute Gasteiger partial charge is 0.478 e. The van der Waals surface area contributed by atoms with Gasteiger partial charge in [0, 0.05) is 11.4 Å². The summed E-state index contributed by atoms with van der Waals surface area (Å²) in [6, 6.07) is 12.2. The van der Waals surface area contributed by atoms with Gasteiger partial charge < -0.3 is 19.9 Å². The van der Waals surface area contributed by atoms with Crippen molar-refractivity contribution < 1.29 is 24.2 Å². The zero-order valence-electron chi connectivity index (χ0n) is 13.5. The molecule has 0 fully saturated rings. The van der Waals surface area contributed by atoms with E-state index in [0.717, 1.165) is 5.56 Å². The minimum atomic E-state index is -1.00. The van der Waals surface area contributed by atoms with Crippen LogP contribution in [-0.4, -0.2) is 29.0 Å². The van der Waals surface area contributed by atoms with Crippen LogP contribution in [0.25, 0.3) is 0 Å². The van der Waals surface area contributed by atoms with Crippen molar-refractivity contribution in [3.05, 3.63) is 53.6 Å². The minimum Gasteiger partial charge on any atom is -0.478 e. The highest BCUT2D eigenvalue weighted by Gasteiger charge is 2.19. The van der Waals surface area contributed by atoms with E-state index in [1.54, 1.807) is 25.1 Å². The number of benzene rings is 2. The zero-order valence-corrected chi connectivity index (χ0v) is 14.3. The molecule has 6 nitrogen and oxygen atoms in total. The molecule has 1 amide bonds. The molecular weight excluding hydrogens is 342 g/mol. The Morgan fingerprint density at radius 2 is 1.96 bits per heavy atom. The maximum Gasteiger partial charge on any atom is 0.336 e. The first-order valence-corrected chi connectivity index (χ1v) is 8.58. The fourth-order valence-electron chi connectivity index (χ4n) is 2.37. The molecule has 0 spiro atoms. The van der Waals surface area contributed by atoms with Crippen LogP contribution in [-0.2, 0) is 11.3 Å². The van der Waals surface area contributed by atoms with Gasteiger partial charge in [0.1, 0.15) is 0 Å². The Bertz CT molecular complexity index is 808. The molecule has 3 rings (SSSR count). The van der Waals surface area contributed by atoms with Gasteiger partial charge in [0.05, 0.1) is 10.8 Å². The van der Waals surface area contributed by atoms with Gasteiger partial charge in [-0.3, -0.25) is 4.79 Å². The lowest BCUT2D eigenvalue weighted by Gasteiger charge is -2.13. The molecule has 1 aliphatic heterocycles. The minimum absolute atomic E-state index is 0.164. The van der Waals surface area contributed by atoms with Crippen LogP contribution in [0.4, 0.5) is 0 Å². The van der Waals surface area contributed by atoms with Crippen LogP contribution in [0.1, 0.15) is 22.8 Å². The lowest BCUT2D eigenvalue weighted by Crippen LogP contribution is -2.30. The maximum atomic E-state index is 12.3. The highest BCUT2D eigenvalue weighted by molar-refractivity contribution is 8.00. The van der Waals surface area contributed by atoms with E-state index < -0.39 is 11.2 Å². The number of hydrogen-bond acceptors (Lipinski definition) is 5. The molecule has 0 saturated carbocycles. The molecule has 130 valence electrons. The van der Waals surface area contributed by atoms with Gasteiger partial charge in [-0.2, -0.15) is 0 Å². The number of carboxylic acids is 1. The highest BCUT2D eigenvalue weighted by atomic mass is 32.2. The Morgan fingerprint density at radius 1 is 1.20 bits per heavy atom. The van der Waals surface area contributed by atoms with E-state index in [1.807, 2.05) is 18.2 Å². The molecule has 2 aromatic carbocycles. The van der Waals surface area contributed by atoms with Crippen LogP contribution < -0.4 is 14.8 Å². The highest BCUT2D eigenvalue weighted by Crippen LogP contribution is 2.32. The van der Waals surface area contributed by atoms with Crippen LogP contribution in [0.5, 0.6) is 11.5 Å². The van der Waals surface area contributed by atoms with E-state index in [4.69, 9.17) is 9.47 Å². The van der Waals surface area contributed by atoms with Crippen LogP contribution in [0, 0.1) is 0 Å². The summed E-state index contributed by atoms with van der Waals surface area (Å²) in [5.41, 5.74) is 1.10. The Labute approximate surface area is 149 Å². The predicted molar refractivity (Wildman–Crippen MR) is 93.1 cm³/mol. The van der Waals surface area contributed by atoms with Gasteiger partial charge in [-0.05, 0) is 36.8 Å². The molecule has 0 bridgehead atoms. The summed E-state index contributed by atoms with van der Waals surface area (Å²) in [6.07, 6.45) is 0. The van der Waals surface area contributed by atoms with Crippen molar-refractivity contribution in [2.24, 2.45) is 0 Å². The van der Waals surface area contributed by atoms with Gasteiger partial charge >= 0.3 is 5.97 Å². The van der Waals surface area contributed by atoms with E-state index in [2.05, 4.69) is 5.32 Å². The molecule has 1 aliphatic rings. The topological polar surface area (TPSA) is 84.9 Å². The number of amides is 1. The number of carbonyl (C=O) groups is 2. The van der Waals surface area contributed by atoms with E-state index in [9.17, 15) is 14.7 Å². The number of hydrogen-bond donors (Lipinski definition) is 2. The van der Waals surface area contributed by atoms with Crippen LogP contribution >= 0.6 is 11.8 Å². The number of ether oxygens (including phenoxy) is 2. The van der Waals surface area contributed by atoms with E-state index in [0.29, 0.717) is 22.9 Å². The van der Waals surface area contributed by atoms with Gasteiger partial charge in [0.2, 0.25) is 12.7 Å². The van der Waals surface area contributed by atoms with Crippen LogP contribution in [0.3, 0.4) is 0 Å². The molecule has 2 N–H and O–H groups in total. The summed E-state index contributed by atoms with van der Waals surface area (Å²) in [6.45, 7) is 2.32. The molecular formula is C18H17NO5S. The van der Waals surface area contributed by atoms with Crippen molar-refractivity contribution in [2.45, 2.75) is 23.6 Å². The van der Waals surface area contributed by atoms with Gasteiger partial charge in [0.15, 0.2) is 11.5 Å². The third-order valence-corrected chi connectivity index (χ3v) is 4.87. The van der Waals surface area contributed by atoms with Crippen molar-refractivity contribution in [2.75, 3.05) is 6.79 Å². The molecule has 1 heterocycles.